The molecule has 0 bridgehead atoms. The third-order valence-electron chi connectivity index (χ3n) is 3.06. The van der Waals surface area contributed by atoms with Crippen LogP contribution in [0.2, 0.25) is 0 Å². The number of aromatic nitrogens is 2. The molecule has 0 saturated carbocycles. The topological polar surface area (TPSA) is 77.5 Å². The highest BCUT2D eigenvalue weighted by molar-refractivity contribution is 9.10. The smallest absolute Gasteiger partial charge is 0.186 e. The monoisotopic (exact) mass is 365 g/mol. The molecule has 3 aromatic rings. The van der Waals surface area contributed by atoms with Crippen LogP contribution in [-0.4, -0.2) is 17.8 Å². The van der Waals surface area contributed by atoms with Crippen LogP contribution in [0.15, 0.2) is 58.2 Å². The van der Waals surface area contributed by atoms with Crippen LogP contribution in [0, 0.1) is 0 Å². The number of fused-ring (bicyclic) bond motifs is 1. The second kappa shape index (κ2) is 5.16. The zero-order valence-corrected chi connectivity index (χ0v) is 13.3. The Labute approximate surface area is 130 Å². The maximum Gasteiger partial charge on any atom is 0.186 e. The molecule has 5 nitrogen and oxygen atoms in total. The first kappa shape index (κ1) is 14.1. The lowest BCUT2D eigenvalue weighted by atomic mass is 10.3. The number of pyridine rings is 1. The summed E-state index contributed by atoms with van der Waals surface area (Å²) in [6.45, 7) is 0. The molecule has 2 heterocycles. The quantitative estimate of drug-likeness (QED) is 0.723. The second-order valence-corrected chi connectivity index (χ2v) is 7.51. The number of hydrogen-bond acceptors (Lipinski definition) is 4. The van der Waals surface area contributed by atoms with Crippen LogP contribution in [0.1, 0.15) is 5.69 Å². The van der Waals surface area contributed by atoms with Gasteiger partial charge in [0.2, 0.25) is 0 Å². The number of anilines is 1. The Bertz CT molecular complexity index is 886. The molecule has 0 radical (unpaired) electrons. The number of imidazole rings is 1. The Morgan fingerprint density at radius 2 is 2.05 bits per heavy atom. The van der Waals surface area contributed by atoms with E-state index in [-0.39, 0.29) is 16.3 Å². The van der Waals surface area contributed by atoms with Crippen molar-refractivity contribution in [3.8, 4) is 0 Å². The van der Waals surface area contributed by atoms with Crippen LogP contribution in [0.3, 0.4) is 0 Å². The van der Waals surface area contributed by atoms with E-state index in [0.29, 0.717) is 15.8 Å². The van der Waals surface area contributed by atoms with Gasteiger partial charge in [0, 0.05) is 16.9 Å². The lowest BCUT2D eigenvalue weighted by Gasteiger charge is -2.06. The summed E-state index contributed by atoms with van der Waals surface area (Å²) < 4.78 is 27.5. The lowest BCUT2D eigenvalue weighted by Crippen LogP contribution is -2.08. The SMILES string of the molecule is Nc1ccc(Br)cc1S(=O)(=O)Cc1cn2ccccc2n1. The molecule has 108 valence electrons. The van der Waals surface area contributed by atoms with Crippen molar-refractivity contribution in [3.63, 3.8) is 0 Å². The molecule has 3 rings (SSSR count). The molecule has 2 N–H and O–H groups in total. The zero-order valence-electron chi connectivity index (χ0n) is 10.9. The molecule has 0 aliphatic carbocycles. The zero-order chi connectivity index (χ0) is 15.0. The summed E-state index contributed by atoms with van der Waals surface area (Å²) in [7, 11) is -3.54. The molecular formula is C14H12BrN3O2S. The van der Waals surface area contributed by atoms with Gasteiger partial charge in [-0.25, -0.2) is 13.4 Å². The number of benzene rings is 1. The van der Waals surface area contributed by atoms with Crippen LogP contribution in [0.4, 0.5) is 5.69 Å². The van der Waals surface area contributed by atoms with E-state index in [9.17, 15) is 8.42 Å². The molecular weight excluding hydrogens is 354 g/mol. The van der Waals surface area contributed by atoms with Crippen LogP contribution in [0.5, 0.6) is 0 Å². The third kappa shape index (κ3) is 2.79. The van der Waals surface area contributed by atoms with Crippen molar-refractivity contribution in [1.82, 2.24) is 9.38 Å². The Kier molecular flexibility index (Phi) is 3.46. The van der Waals surface area contributed by atoms with Crippen molar-refractivity contribution in [3.05, 3.63) is 59.0 Å². The van der Waals surface area contributed by atoms with Crippen LogP contribution in [0.25, 0.3) is 5.65 Å². The van der Waals surface area contributed by atoms with E-state index in [0.717, 1.165) is 0 Å². The van der Waals surface area contributed by atoms with E-state index in [2.05, 4.69) is 20.9 Å². The minimum atomic E-state index is -3.54. The number of hydrogen-bond donors (Lipinski definition) is 1. The maximum absolute atomic E-state index is 12.5. The van der Waals surface area contributed by atoms with Gasteiger partial charge in [-0.05, 0) is 30.3 Å². The molecule has 0 unspecified atom stereocenters. The van der Waals surface area contributed by atoms with Gasteiger partial charge in [0.05, 0.1) is 22.0 Å². The van der Waals surface area contributed by atoms with Crippen LogP contribution in [-0.2, 0) is 15.6 Å². The average Bonchev–Trinajstić information content (AvgIpc) is 2.82. The van der Waals surface area contributed by atoms with Gasteiger partial charge < -0.3 is 10.1 Å². The fraction of sp³-hybridized carbons (Fsp3) is 0.0714. The third-order valence-corrected chi connectivity index (χ3v) is 5.26. The van der Waals surface area contributed by atoms with E-state index in [1.807, 2.05) is 24.4 Å². The highest BCUT2D eigenvalue weighted by atomic mass is 79.9. The van der Waals surface area contributed by atoms with E-state index in [1.54, 1.807) is 22.7 Å². The maximum atomic E-state index is 12.5. The number of sulfone groups is 1. The number of nitrogen functional groups attached to an aromatic ring is 1. The number of nitrogens with zero attached hydrogens (tertiary/aromatic N) is 2. The van der Waals surface area contributed by atoms with Gasteiger partial charge in [-0.3, -0.25) is 0 Å². The largest absolute Gasteiger partial charge is 0.398 e. The fourth-order valence-corrected chi connectivity index (χ4v) is 4.04. The predicted octanol–water partition coefficient (Wildman–Crippen LogP) is 2.65. The van der Waals surface area contributed by atoms with Gasteiger partial charge >= 0.3 is 0 Å². The fourth-order valence-electron chi connectivity index (χ4n) is 2.11. The second-order valence-electron chi connectivity index (χ2n) is 4.64. The summed E-state index contributed by atoms with van der Waals surface area (Å²) in [6.07, 6.45) is 3.53. The lowest BCUT2D eigenvalue weighted by molar-refractivity contribution is 0.595. The number of halogens is 1. The molecule has 2 aromatic heterocycles. The Hall–Kier alpha value is -1.86. The highest BCUT2D eigenvalue weighted by Crippen LogP contribution is 2.26. The molecule has 0 atom stereocenters. The van der Waals surface area contributed by atoms with Crippen molar-refractivity contribution in [2.45, 2.75) is 10.6 Å². The average molecular weight is 366 g/mol. The highest BCUT2D eigenvalue weighted by Gasteiger charge is 2.20. The normalized spacial score (nSPS) is 11.9. The predicted molar refractivity (Wildman–Crippen MR) is 84.6 cm³/mol. The summed E-state index contributed by atoms with van der Waals surface area (Å²) >= 11 is 3.26. The van der Waals surface area contributed by atoms with E-state index in [4.69, 9.17) is 5.73 Å². The Morgan fingerprint density at radius 3 is 2.81 bits per heavy atom. The minimum absolute atomic E-state index is 0.119. The molecule has 0 fully saturated rings. The van der Waals surface area contributed by atoms with Crippen molar-refractivity contribution in [2.24, 2.45) is 0 Å². The van der Waals surface area contributed by atoms with Gasteiger partial charge in [-0.2, -0.15) is 0 Å². The van der Waals surface area contributed by atoms with Crippen molar-refractivity contribution >= 4 is 37.1 Å². The van der Waals surface area contributed by atoms with Gasteiger partial charge in [0.25, 0.3) is 0 Å². The van der Waals surface area contributed by atoms with Crippen LogP contribution >= 0.6 is 15.9 Å². The first-order valence-electron chi connectivity index (χ1n) is 6.16. The number of rotatable bonds is 3. The summed E-state index contributed by atoms with van der Waals surface area (Å²) in [5, 5.41) is 0. The van der Waals surface area contributed by atoms with Gasteiger partial charge in [0.15, 0.2) is 9.84 Å². The first-order valence-corrected chi connectivity index (χ1v) is 8.61. The Morgan fingerprint density at radius 1 is 1.24 bits per heavy atom. The molecule has 0 saturated heterocycles. The summed E-state index contributed by atoms with van der Waals surface area (Å²) in [5.74, 6) is -0.185. The number of nitrogens with two attached hydrogens (primary N) is 1. The molecule has 0 spiro atoms. The molecule has 0 aliphatic rings. The summed E-state index contributed by atoms with van der Waals surface area (Å²) in [6, 6.07) is 10.3. The summed E-state index contributed by atoms with van der Waals surface area (Å²) in [4.78, 5) is 4.43. The molecule has 0 aliphatic heterocycles. The van der Waals surface area contributed by atoms with E-state index < -0.39 is 9.84 Å². The minimum Gasteiger partial charge on any atom is -0.398 e. The van der Waals surface area contributed by atoms with Crippen molar-refractivity contribution in [1.29, 1.82) is 0 Å². The summed E-state index contributed by atoms with van der Waals surface area (Å²) in [5.41, 5.74) is 7.22. The molecule has 7 heteroatoms. The van der Waals surface area contributed by atoms with Gasteiger partial charge in [-0.15, -0.1) is 0 Å². The molecule has 0 amide bonds. The molecule has 1 aromatic carbocycles. The van der Waals surface area contributed by atoms with Crippen molar-refractivity contribution in [2.75, 3.05) is 5.73 Å². The van der Waals surface area contributed by atoms with Gasteiger partial charge in [0.1, 0.15) is 5.65 Å². The van der Waals surface area contributed by atoms with Crippen molar-refractivity contribution < 1.29 is 8.42 Å². The Balaban J connectivity index is 2.01. The molecule has 21 heavy (non-hydrogen) atoms. The standard InChI is InChI=1S/C14H12BrN3O2S/c15-10-4-5-12(16)13(7-10)21(19,20)9-11-8-18-6-2-1-3-14(18)17-11/h1-8H,9,16H2. The van der Waals surface area contributed by atoms with Gasteiger partial charge in [-0.1, -0.05) is 22.0 Å². The van der Waals surface area contributed by atoms with E-state index in [1.165, 1.54) is 6.07 Å². The van der Waals surface area contributed by atoms with Crippen LogP contribution < -0.4 is 5.73 Å². The first-order chi connectivity index (χ1) is 9.95. The van der Waals surface area contributed by atoms with E-state index >= 15 is 0 Å².